The van der Waals surface area contributed by atoms with Crippen LogP contribution >= 0.6 is 0 Å². The van der Waals surface area contributed by atoms with Crippen molar-refractivity contribution in [1.82, 2.24) is 5.32 Å². The van der Waals surface area contributed by atoms with Gasteiger partial charge in [-0.3, -0.25) is 4.79 Å². The Bertz CT molecular complexity index is 729. The highest BCUT2D eigenvalue weighted by Gasteiger charge is 2.28. The lowest BCUT2D eigenvalue weighted by molar-refractivity contribution is -0.143. The van der Waals surface area contributed by atoms with Crippen LogP contribution in [0.1, 0.15) is 12.0 Å². The molecule has 1 aliphatic heterocycles. The van der Waals surface area contributed by atoms with Crippen LogP contribution in [0.3, 0.4) is 0 Å². The third-order valence-corrected chi connectivity index (χ3v) is 4.97. The summed E-state index contributed by atoms with van der Waals surface area (Å²) in [6, 6.07) is 5.21. The lowest BCUT2D eigenvalue weighted by Gasteiger charge is -2.10. The van der Waals surface area contributed by atoms with Crippen molar-refractivity contribution in [2.24, 2.45) is 0 Å². The first-order chi connectivity index (χ1) is 10.8. The monoisotopic (exact) mass is 341 g/mol. The van der Waals surface area contributed by atoms with Gasteiger partial charge in [0.05, 0.1) is 11.5 Å². The van der Waals surface area contributed by atoms with Gasteiger partial charge < -0.3 is 10.1 Å². The van der Waals surface area contributed by atoms with Gasteiger partial charge in [-0.1, -0.05) is 12.1 Å². The number of rotatable bonds is 5. The highest BCUT2D eigenvalue weighted by atomic mass is 32.2. The van der Waals surface area contributed by atoms with E-state index < -0.39 is 40.2 Å². The Labute approximate surface area is 133 Å². The van der Waals surface area contributed by atoms with Gasteiger partial charge >= 0.3 is 5.97 Å². The molecule has 1 N–H and O–H groups in total. The van der Waals surface area contributed by atoms with E-state index in [2.05, 4.69) is 5.32 Å². The third-order valence-electron chi connectivity index (χ3n) is 3.20. The Morgan fingerprint density at radius 1 is 1.39 bits per heavy atom. The van der Waals surface area contributed by atoms with E-state index in [1.807, 2.05) is 0 Å². The molecule has 1 amide bonds. The van der Waals surface area contributed by atoms with Crippen molar-refractivity contribution in [3.63, 3.8) is 0 Å². The number of esters is 1. The molecular weight excluding hydrogens is 325 g/mol. The average molecular weight is 341 g/mol. The van der Waals surface area contributed by atoms with E-state index in [0.717, 1.165) is 6.08 Å². The summed E-state index contributed by atoms with van der Waals surface area (Å²) in [4.78, 5) is 23.0. The van der Waals surface area contributed by atoms with Crippen LogP contribution in [0.25, 0.3) is 6.08 Å². The van der Waals surface area contributed by atoms with E-state index in [1.54, 1.807) is 6.07 Å². The minimum absolute atomic E-state index is 0.0497. The molecule has 1 heterocycles. The van der Waals surface area contributed by atoms with E-state index in [4.69, 9.17) is 4.74 Å². The summed E-state index contributed by atoms with van der Waals surface area (Å²) in [6.45, 7) is -0.497. The molecule has 6 nitrogen and oxygen atoms in total. The maximum absolute atomic E-state index is 12.9. The number of ether oxygens (including phenoxy) is 1. The average Bonchev–Trinajstić information content (AvgIpc) is 2.82. The van der Waals surface area contributed by atoms with E-state index in [-0.39, 0.29) is 11.5 Å². The summed E-state index contributed by atoms with van der Waals surface area (Å²) in [6.07, 6.45) is 2.82. The molecule has 23 heavy (non-hydrogen) atoms. The lowest BCUT2D eigenvalue weighted by Crippen LogP contribution is -2.38. The summed E-state index contributed by atoms with van der Waals surface area (Å²) < 4.78 is 40.2. The second kappa shape index (κ2) is 7.36. The van der Waals surface area contributed by atoms with Gasteiger partial charge in [-0.25, -0.2) is 17.6 Å². The molecule has 0 aliphatic carbocycles. The summed E-state index contributed by atoms with van der Waals surface area (Å²) >= 11 is 0. The Morgan fingerprint density at radius 3 is 2.83 bits per heavy atom. The molecule has 0 spiro atoms. The van der Waals surface area contributed by atoms with E-state index in [1.165, 1.54) is 24.3 Å². The molecule has 0 aromatic heterocycles. The Morgan fingerprint density at radius 2 is 2.17 bits per heavy atom. The summed E-state index contributed by atoms with van der Waals surface area (Å²) in [7, 11) is -3.08. The van der Waals surface area contributed by atoms with Crippen LogP contribution in [0.5, 0.6) is 0 Å². The molecule has 0 saturated carbocycles. The largest absolute Gasteiger partial charge is 0.452 e. The molecule has 1 fully saturated rings. The van der Waals surface area contributed by atoms with Crippen LogP contribution in [-0.2, 0) is 24.2 Å². The zero-order valence-corrected chi connectivity index (χ0v) is 13.0. The van der Waals surface area contributed by atoms with Gasteiger partial charge in [-0.15, -0.1) is 0 Å². The fraction of sp³-hybridized carbons (Fsp3) is 0.333. The van der Waals surface area contributed by atoms with Gasteiger partial charge in [0.25, 0.3) is 5.91 Å². The molecule has 1 aromatic carbocycles. The molecule has 1 aromatic rings. The quantitative estimate of drug-likeness (QED) is 0.628. The van der Waals surface area contributed by atoms with Gasteiger partial charge in [0, 0.05) is 12.1 Å². The standard InChI is InChI=1S/C15H16FNO5S/c16-12-3-1-2-11(8-12)4-5-15(19)22-9-14(18)17-13-6-7-23(20,21)10-13/h1-5,8,13H,6-7,9-10H2,(H,17,18)/b5-4+. The highest BCUT2D eigenvalue weighted by Crippen LogP contribution is 2.11. The van der Waals surface area contributed by atoms with E-state index in [0.29, 0.717) is 12.0 Å². The first-order valence-corrected chi connectivity index (χ1v) is 8.76. The second-order valence-corrected chi connectivity index (χ2v) is 7.39. The zero-order valence-electron chi connectivity index (χ0n) is 12.2. The number of amides is 1. The van der Waals surface area contributed by atoms with Crippen LogP contribution in [0.4, 0.5) is 4.39 Å². The van der Waals surface area contributed by atoms with Crippen LogP contribution in [0.15, 0.2) is 30.3 Å². The summed E-state index contributed by atoms with van der Waals surface area (Å²) in [5.74, 6) is -1.77. The lowest BCUT2D eigenvalue weighted by atomic mass is 10.2. The molecule has 1 aliphatic rings. The van der Waals surface area contributed by atoms with Gasteiger partial charge in [0.1, 0.15) is 5.82 Å². The van der Waals surface area contributed by atoms with Crippen molar-refractivity contribution >= 4 is 27.8 Å². The third kappa shape index (κ3) is 5.82. The first-order valence-electron chi connectivity index (χ1n) is 6.94. The topological polar surface area (TPSA) is 89.5 Å². The maximum atomic E-state index is 12.9. The van der Waals surface area contributed by atoms with Gasteiger partial charge in [-0.05, 0) is 30.2 Å². The van der Waals surface area contributed by atoms with Crippen LogP contribution in [-0.4, -0.2) is 44.4 Å². The fourth-order valence-electron chi connectivity index (χ4n) is 2.14. The molecule has 2 rings (SSSR count). The zero-order chi connectivity index (χ0) is 16.9. The Hall–Kier alpha value is -2.22. The van der Waals surface area contributed by atoms with Crippen molar-refractivity contribution < 1.29 is 27.1 Å². The van der Waals surface area contributed by atoms with Crippen LogP contribution in [0.2, 0.25) is 0 Å². The molecule has 124 valence electrons. The highest BCUT2D eigenvalue weighted by molar-refractivity contribution is 7.91. The number of halogens is 1. The van der Waals surface area contributed by atoms with Gasteiger partial charge in [0.2, 0.25) is 0 Å². The van der Waals surface area contributed by atoms with E-state index in [9.17, 15) is 22.4 Å². The fourth-order valence-corrected chi connectivity index (χ4v) is 3.81. The van der Waals surface area contributed by atoms with Crippen LogP contribution < -0.4 is 5.32 Å². The minimum atomic E-state index is -3.08. The van der Waals surface area contributed by atoms with E-state index >= 15 is 0 Å². The molecule has 0 bridgehead atoms. The van der Waals surface area contributed by atoms with Crippen molar-refractivity contribution in [2.75, 3.05) is 18.1 Å². The number of hydrogen-bond donors (Lipinski definition) is 1. The normalized spacial score (nSPS) is 19.6. The molecule has 0 radical (unpaired) electrons. The van der Waals surface area contributed by atoms with Gasteiger partial charge in [0.15, 0.2) is 16.4 Å². The van der Waals surface area contributed by atoms with Crippen LogP contribution in [0, 0.1) is 5.82 Å². The summed E-state index contributed by atoms with van der Waals surface area (Å²) in [5.41, 5.74) is 0.488. The molecular formula is C15H16FNO5S. The first kappa shape index (κ1) is 17.1. The molecule has 1 unspecified atom stereocenters. The maximum Gasteiger partial charge on any atom is 0.331 e. The summed E-state index contributed by atoms with van der Waals surface area (Å²) in [5, 5.41) is 2.50. The minimum Gasteiger partial charge on any atom is -0.452 e. The number of benzene rings is 1. The predicted molar refractivity (Wildman–Crippen MR) is 81.6 cm³/mol. The SMILES string of the molecule is O=C(COC(=O)/C=C/c1cccc(F)c1)NC1CCS(=O)(=O)C1. The van der Waals surface area contributed by atoms with Crippen molar-refractivity contribution in [2.45, 2.75) is 12.5 Å². The predicted octanol–water partition coefficient (Wildman–Crippen LogP) is 0.685. The van der Waals surface area contributed by atoms with Crippen molar-refractivity contribution in [3.05, 3.63) is 41.7 Å². The molecule has 8 heteroatoms. The number of hydrogen-bond acceptors (Lipinski definition) is 5. The second-order valence-electron chi connectivity index (χ2n) is 5.16. The van der Waals surface area contributed by atoms with Crippen molar-refractivity contribution in [3.8, 4) is 0 Å². The Balaban J connectivity index is 1.75. The van der Waals surface area contributed by atoms with Gasteiger partial charge in [-0.2, -0.15) is 0 Å². The molecule has 1 saturated heterocycles. The number of nitrogens with one attached hydrogen (secondary N) is 1. The number of carbonyl (C=O) groups is 2. The molecule has 1 atom stereocenters. The number of sulfone groups is 1. The van der Waals surface area contributed by atoms with Crippen molar-refractivity contribution in [1.29, 1.82) is 0 Å². The smallest absolute Gasteiger partial charge is 0.331 e. The Kier molecular flexibility index (Phi) is 5.49. The number of carbonyl (C=O) groups excluding carboxylic acids is 2.